The number of benzene rings is 1. The van der Waals surface area contributed by atoms with Crippen molar-refractivity contribution in [3.8, 4) is 0 Å². The molecule has 1 N–H and O–H groups in total. The molecule has 0 spiro atoms. The first kappa shape index (κ1) is 9.87. The summed E-state index contributed by atoms with van der Waals surface area (Å²) in [5, 5.41) is 11.0. The van der Waals surface area contributed by atoms with E-state index in [1.807, 2.05) is 42.7 Å². The summed E-state index contributed by atoms with van der Waals surface area (Å²) in [4.78, 5) is 4.18. The van der Waals surface area contributed by atoms with Crippen LogP contribution in [0.15, 0.2) is 42.7 Å². The number of hydrogen-bond acceptors (Lipinski definition) is 2. The molecule has 0 bridgehead atoms. The number of aliphatic hydroxyl groups excluding tert-OH is 1. The standard InChI is InChI=1S/C13H13NO/c15-8-4-3-6-12-10-14-9-11-5-1-2-7-13(11)12/h1-3,5-7,9-10,15H,4,8H2. The van der Waals surface area contributed by atoms with Gasteiger partial charge in [0.15, 0.2) is 0 Å². The highest BCUT2D eigenvalue weighted by Crippen LogP contribution is 2.18. The maximum absolute atomic E-state index is 8.69. The Morgan fingerprint density at radius 3 is 2.93 bits per heavy atom. The molecule has 0 aliphatic heterocycles. The van der Waals surface area contributed by atoms with Crippen molar-refractivity contribution >= 4 is 16.8 Å². The Labute approximate surface area is 88.9 Å². The molecule has 0 unspecified atom stereocenters. The zero-order valence-corrected chi connectivity index (χ0v) is 8.43. The normalized spacial score (nSPS) is 11.3. The van der Waals surface area contributed by atoms with Crippen molar-refractivity contribution in [1.29, 1.82) is 0 Å². The molecule has 0 radical (unpaired) electrons. The molecular formula is C13H13NO. The van der Waals surface area contributed by atoms with Crippen LogP contribution in [0.3, 0.4) is 0 Å². The highest BCUT2D eigenvalue weighted by Gasteiger charge is 1.96. The molecule has 0 aliphatic rings. The van der Waals surface area contributed by atoms with Crippen LogP contribution in [0.25, 0.3) is 16.8 Å². The summed E-state index contributed by atoms with van der Waals surface area (Å²) in [6, 6.07) is 8.15. The van der Waals surface area contributed by atoms with Gasteiger partial charge in [0.25, 0.3) is 0 Å². The van der Waals surface area contributed by atoms with Gasteiger partial charge in [0.05, 0.1) is 0 Å². The lowest BCUT2D eigenvalue weighted by Gasteiger charge is -2.00. The maximum Gasteiger partial charge on any atom is 0.0465 e. The van der Waals surface area contributed by atoms with Crippen LogP contribution in [0.1, 0.15) is 12.0 Å². The van der Waals surface area contributed by atoms with Gasteiger partial charge in [-0.25, -0.2) is 0 Å². The number of fused-ring (bicyclic) bond motifs is 1. The largest absolute Gasteiger partial charge is 0.396 e. The van der Waals surface area contributed by atoms with Gasteiger partial charge in [-0.2, -0.15) is 0 Å². The molecule has 1 aromatic heterocycles. The van der Waals surface area contributed by atoms with Gasteiger partial charge >= 0.3 is 0 Å². The minimum Gasteiger partial charge on any atom is -0.396 e. The topological polar surface area (TPSA) is 33.1 Å². The molecule has 0 amide bonds. The molecule has 0 fully saturated rings. The predicted molar refractivity (Wildman–Crippen MR) is 62.5 cm³/mol. The van der Waals surface area contributed by atoms with E-state index in [1.54, 1.807) is 0 Å². The van der Waals surface area contributed by atoms with Crippen molar-refractivity contribution in [2.75, 3.05) is 6.61 Å². The highest BCUT2D eigenvalue weighted by molar-refractivity contribution is 5.89. The minimum atomic E-state index is 0.189. The first-order chi connectivity index (χ1) is 7.42. The van der Waals surface area contributed by atoms with Gasteiger partial charge in [0.2, 0.25) is 0 Å². The zero-order chi connectivity index (χ0) is 10.5. The van der Waals surface area contributed by atoms with E-state index in [4.69, 9.17) is 5.11 Å². The molecular weight excluding hydrogens is 186 g/mol. The second-order valence-electron chi connectivity index (χ2n) is 3.36. The van der Waals surface area contributed by atoms with Gasteiger partial charge in [-0.3, -0.25) is 4.98 Å². The van der Waals surface area contributed by atoms with E-state index in [0.717, 1.165) is 10.9 Å². The second kappa shape index (κ2) is 4.71. The van der Waals surface area contributed by atoms with E-state index in [1.165, 1.54) is 5.39 Å². The Morgan fingerprint density at radius 1 is 1.20 bits per heavy atom. The van der Waals surface area contributed by atoms with Crippen LogP contribution in [-0.2, 0) is 0 Å². The Bertz CT molecular complexity index is 471. The van der Waals surface area contributed by atoms with Crippen LogP contribution in [-0.4, -0.2) is 16.7 Å². The fraction of sp³-hybridized carbons (Fsp3) is 0.154. The van der Waals surface area contributed by atoms with Gasteiger partial charge in [-0.15, -0.1) is 0 Å². The second-order valence-corrected chi connectivity index (χ2v) is 3.36. The van der Waals surface area contributed by atoms with Gasteiger partial charge in [-0.1, -0.05) is 36.4 Å². The van der Waals surface area contributed by atoms with E-state index in [0.29, 0.717) is 6.42 Å². The van der Waals surface area contributed by atoms with Gasteiger partial charge in [-0.05, 0) is 11.8 Å². The van der Waals surface area contributed by atoms with Crippen LogP contribution in [0.2, 0.25) is 0 Å². The summed E-state index contributed by atoms with van der Waals surface area (Å²) in [6.07, 6.45) is 8.35. The molecule has 0 aliphatic carbocycles. The molecule has 0 saturated heterocycles. The smallest absolute Gasteiger partial charge is 0.0465 e. The van der Waals surface area contributed by atoms with Gasteiger partial charge < -0.3 is 5.11 Å². The lowest BCUT2D eigenvalue weighted by molar-refractivity contribution is 0.303. The van der Waals surface area contributed by atoms with Crippen LogP contribution >= 0.6 is 0 Å². The average molecular weight is 199 g/mol. The van der Waals surface area contributed by atoms with Crippen molar-refractivity contribution in [3.05, 3.63) is 48.3 Å². The van der Waals surface area contributed by atoms with Crippen LogP contribution in [0.5, 0.6) is 0 Å². The molecule has 76 valence electrons. The summed E-state index contributed by atoms with van der Waals surface area (Å²) in [5.74, 6) is 0. The van der Waals surface area contributed by atoms with Gasteiger partial charge in [0, 0.05) is 30.0 Å². The SMILES string of the molecule is OCCC=Cc1cncc2ccccc12. The molecule has 1 heterocycles. The summed E-state index contributed by atoms with van der Waals surface area (Å²) in [5.41, 5.74) is 1.10. The zero-order valence-electron chi connectivity index (χ0n) is 8.43. The number of aromatic nitrogens is 1. The highest BCUT2D eigenvalue weighted by atomic mass is 16.2. The van der Waals surface area contributed by atoms with E-state index < -0.39 is 0 Å². The number of pyridine rings is 1. The minimum absolute atomic E-state index is 0.189. The van der Waals surface area contributed by atoms with E-state index in [-0.39, 0.29) is 6.61 Å². The fourth-order valence-corrected chi connectivity index (χ4v) is 1.56. The first-order valence-corrected chi connectivity index (χ1v) is 5.02. The molecule has 0 saturated carbocycles. The third kappa shape index (κ3) is 2.22. The number of nitrogens with zero attached hydrogens (tertiary/aromatic N) is 1. The monoisotopic (exact) mass is 199 g/mol. The van der Waals surface area contributed by atoms with E-state index >= 15 is 0 Å². The molecule has 2 rings (SSSR count). The third-order valence-electron chi connectivity index (χ3n) is 2.29. The predicted octanol–water partition coefficient (Wildman–Crippen LogP) is 2.63. The fourth-order valence-electron chi connectivity index (χ4n) is 1.56. The number of rotatable bonds is 3. The van der Waals surface area contributed by atoms with Crippen molar-refractivity contribution in [1.82, 2.24) is 4.98 Å². The Kier molecular flexibility index (Phi) is 3.10. The number of hydrogen-bond donors (Lipinski definition) is 1. The van der Waals surface area contributed by atoms with Crippen molar-refractivity contribution in [2.24, 2.45) is 0 Å². The lowest BCUT2D eigenvalue weighted by atomic mass is 10.1. The molecule has 2 heteroatoms. The van der Waals surface area contributed by atoms with E-state index in [9.17, 15) is 0 Å². The molecule has 2 aromatic rings. The Balaban J connectivity index is 2.42. The Hall–Kier alpha value is -1.67. The summed E-state index contributed by atoms with van der Waals surface area (Å²) in [6.45, 7) is 0.189. The van der Waals surface area contributed by atoms with Crippen LogP contribution < -0.4 is 0 Å². The maximum atomic E-state index is 8.69. The molecule has 1 aromatic carbocycles. The Morgan fingerprint density at radius 2 is 2.07 bits per heavy atom. The quantitative estimate of drug-likeness (QED) is 0.824. The van der Waals surface area contributed by atoms with Crippen molar-refractivity contribution in [3.63, 3.8) is 0 Å². The van der Waals surface area contributed by atoms with Crippen molar-refractivity contribution in [2.45, 2.75) is 6.42 Å². The first-order valence-electron chi connectivity index (χ1n) is 5.02. The molecule has 2 nitrogen and oxygen atoms in total. The molecule has 15 heavy (non-hydrogen) atoms. The van der Waals surface area contributed by atoms with Crippen LogP contribution in [0.4, 0.5) is 0 Å². The average Bonchev–Trinajstić information content (AvgIpc) is 2.30. The summed E-state index contributed by atoms with van der Waals surface area (Å²) in [7, 11) is 0. The van der Waals surface area contributed by atoms with Gasteiger partial charge in [0.1, 0.15) is 0 Å². The van der Waals surface area contributed by atoms with E-state index in [2.05, 4.69) is 11.1 Å². The van der Waals surface area contributed by atoms with Crippen molar-refractivity contribution < 1.29 is 5.11 Å². The number of aliphatic hydroxyl groups is 1. The third-order valence-corrected chi connectivity index (χ3v) is 2.29. The van der Waals surface area contributed by atoms with Crippen LogP contribution in [0, 0.1) is 0 Å². The summed E-state index contributed by atoms with van der Waals surface area (Å²) < 4.78 is 0. The summed E-state index contributed by atoms with van der Waals surface area (Å²) >= 11 is 0. The molecule has 0 atom stereocenters. The lowest BCUT2D eigenvalue weighted by Crippen LogP contribution is -1.81.